The van der Waals surface area contributed by atoms with Crippen molar-refractivity contribution in [2.24, 2.45) is 0 Å². The van der Waals surface area contributed by atoms with Crippen molar-refractivity contribution in [3.63, 3.8) is 0 Å². The Bertz CT molecular complexity index is 901. The molecule has 3 rings (SSSR count). The molecule has 0 amide bonds. The first-order valence-corrected chi connectivity index (χ1v) is 7.34. The van der Waals surface area contributed by atoms with Gasteiger partial charge in [-0.3, -0.25) is 14.3 Å². The topological polar surface area (TPSA) is 166 Å². The minimum atomic E-state index is -0.937. The maximum Gasteiger partial charge on any atom is 0.381 e. The van der Waals surface area contributed by atoms with Crippen molar-refractivity contribution in [3.05, 3.63) is 55.2 Å². The van der Waals surface area contributed by atoms with E-state index in [9.17, 15) is 24.8 Å². The van der Waals surface area contributed by atoms with Gasteiger partial charge in [0, 0.05) is 12.6 Å². The summed E-state index contributed by atoms with van der Waals surface area (Å²) < 4.78 is 7.85. The predicted octanol–water partition coefficient (Wildman–Crippen LogP) is -1.67. The van der Waals surface area contributed by atoms with Crippen LogP contribution >= 0.6 is 0 Å². The minimum absolute atomic E-state index is 0.0465. The Morgan fingerprint density at radius 2 is 2.20 bits per heavy atom. The van der Waals surface area contributed by atoms with Gasteiger partial charge in [-0.2, -0.15) is 0 Å². The van der Waals surface area contributed by atoms with E-state index in [1.54, 1.807) is 0 Å². The van der Waals surface area contributed by atoms with Gasteiger partial charge in [0.1, 0.15) is 18.5 Å². The summed E-state index contributed by atoms with van der Waals surface area (Å²) in [6.45, 7) is -0.448. The predicted molar refractivity (Wildman–Crippen MR) is 80.9 cm³/mol. The molecular formula is C13H15N5O7. The molecule has 0 unspecified atom stereocenters. The highest BCUT2D eigenvalue weighted by Gasteiger charge is 2.35. The number of aliphatic hydroxyl groups excluding tert-OH is 2. The Labute approximate surface area is 139 Å². The number of nitro groups is 1. The summed E-state index contributed by atoms with van der Waals surface area (Å²) in [6.07, 6.45) is 1.11. The molecule has 3 heterocycles. The lowest BCUT2D eigenvalue weighted by Crippen LogP contribution is -2.34. The Morgan fingerprint density at radius 1 is 1.44 bits per heavy atom. The molecule has 1 aliphatic heterocycles. The van der Waals surface area contributed by atoms with Crippen molar-refractivity contribution in [2.45, 2.75) is 31.4 Å². The number of aliphatic hydroxyl groups is 2. The molecule has 3 atom stereocenters. The van der Waals surface area contributed by atoms with Gasteiger partial charge in [-0.25, -0.2) is 4.79 Å². The van der Waals surface area contributed by atoms with Crippen LogP contribution in [0.25, 0.3) is 0 Å². The van der Waals surface area contributed by atoms with E-state index < -0.39 is 41.2 Å². The van der Waals surface area contributed by atoms with Crippen LogP contribution in [-0.2, 0) is 11.3 Å². The number of nitrogens with zero attached hydrogens (tertiary/aromatic N) is 4. The monoisotopic (exact) mass is 353 g/mol. The Hall–Kier alpha value is -2.83. The second-order valence-electron chi connectivity index (χ2n) is 5.60. The maximum absolute atomic E-state index is 12.0. The normalized spacial score (nSPS) is 23.0. The lowest BCUT2D eigenvalue weighted by molar-refractivity contribution is -0.389. The van der Waals surface area contributed by atoms with Crippen LogP contribution in [0.5, 0.6) is 0 Å². The number of ether oxygens (including phenoxy) is 1. The average Bonchev–Trinajstić information content (AvgIpc) is 3.16. The zero-order chi connectivity index (χ0) is 18.1. The third-order valence-corrected chi connectivity index (χ3v) is 3.90. The summed E-state index contributed by atoms with van der Waals surface area (Å²) in [5.74, 6) is -0.363. The van der Waals surface area contributed by atoms with Gasteiger partial charge in [0.15, 0.2) is 0 Å². The van der Waals surface area contributed by atoms with Crippen LogP contribution in [0.15, 0.2) is 28.3 Å². The minimum Gasteiger partial charge on any atom is -0.394 e. The highest BCUT2D eigenvalue weighted by atomic mass is 16.6. The molecule has 1 aliphatic rings. The summed E-state index contributed by atoms with van der Waals surface area (Å²) in [6, 6.07) is 0. The zero-order valence-corrected chi connectivity index (χ0v) is 12.8. The highest BCUT2D eigenvalue weighted by Crippen LogP contribution is 2.27. The van der Waals surface area contributed by atoms with Crippen molar-refractivity contribution in [3.8, 4) is 0 Å². The van der Waals surface area contributed by atoms with Crippen LogP contribution in [0, 0.1) is 10.1 Å². The molecule has 0 bridgehead atoms. The number of hydrogen-bond acceptors (Lipinski definition) is 8. The molecule has 134 valence electrons. The number of nitrogens with one attached hydrogen (secondary N) is 1. The standard InChI is InChI=1S/C13H15N5O7/c19-5-9-8(20)1-11(25-9)17-3-7(12(21)15-13(17)22)2-16-4-10(14-6-16)18(23)24/h3-4,6,8-9,11,19-20H,1-2,5H2,(H,15,21,22)/t8-,9-,11-/m1/s1. The summed E-state index contributed by atoms with van der Waals surface area (Å²) in [4.78, 5) is 39.7. The van der Waals surface area contributed by atoms with Crippen molar-refractivity contribution < 1.29 is 19.9 Å². The van der Waals surface area contributed by atoms with E-state index in [0.29, 0.717) is 0 Å². The molecule has 3 N–H and O–H groups in total. The second kappa shape index (κ2) is 6.58. The smallest absolute Gasteiger partial charge is 0.381 e. The fourth-order valence-corrected chi connectivity index (χ4v) is 2.63. The number of hydrogen-bond donors (Lipinski definition) is 3. The molecule has 25 heavy (non-hydrogen) atoms. The van der Waals surface area contributed by atoms with Crippen LogP contribution in [-0.4, -0.2) is 53.1 Å². The maximum atomic E-state index is 12.0. The number of H-pyrrole nitrogens is 1. The van der Waals surface area contributed by atoms with E-state index in [0.717, 1.165) is 10.8 Å². The summed E-state index contributed by atoms with van der Waals surface area (Å²) in [5.41, 5.74) is -1.21. The number of rotatable bonds is 5. The number of imidazole rings is 1. The van der Waals surface area contributed by atoms with Gasteiger partial charge in [0.05, 0.1) is 24.8 Å². The van der Waals surface area contributed by atoms with Gasteiger partial charge in [-0.15, -0.1) is 0 Å². The van der Waals surface area contributed by atoms with Crippen LogP contribution in [0.4, 0.5) is 5.82 Å². The molecular weight excluding hydrogens is 338 g/mol. The Kier molecular flexibility index (Phi) is 4.48. The summed E-state index contributed by atoms with van der Waals surface area (Å²) >= 11 is 0. The van der Waals surface area contributed by atoms with E-state index >= 15 is 0 Å². The average molecular weight is 353 g/mol. The fraction of sp³-hybridized carbons (Fsp3) is 0.462. The van der Waals surface area contributed by atoms with Crippen molar-refractivity contribution in [1.29, 1.82) is 0 Å². The largest absolute Gasteiger partial charge is 0.394 e. The van der Waals surface area contributed by atoms with Crippen LogP contribution in [0.2, 0.25) is 0 Å². The number of aromatic amines is 1. The lowest BCUT2D eigenvalue weighted by atomic mass is 10.2. The molecule has 2 aromatic heterocycles. The zero-order valence-electron chi connectivity index (χ0n) is 12.8. The molecule has 12 nitrogen and oxygen atoms in total. The highest BCUT2D eigenvalue weighted by molar-refractivity contribution is 5.15. The Balaban J connectivity index is 1.89. The van der Waals surface area contributed by atoms with E-state index in [4.69, 9.17) is 9.84 Å². The van der Waals surface area contributed by atoms with Crippen LogP contribution in [0.3, 0.4) is 0 Å². The van der Waals surface area contributed by atoms with Crippen molar-refractivity contribution >= 4 is 5.82 Å². The molecule has 1 saturated heterocycles. The molecule has 0 radical (unpaired) electrons. The SMILES string of the molecule is O=c1[nH]c(=O)n([C@H]2C[C@@H](O)[C@@H](CO)O2)cc1Cn1cnc([N+](=O)[O-])c1. The van der Waals surface area contributed by atoms with Crippen molar-refractivity contribution in [1.82, 2.24) is 19.1 Å². The quantitative estimate of drug-likeness (QED) is 0.424. The van der Waals surface area contributed by atoms with Gasteiger partial charge in [0.25, 0.3) is 5.56 Å². The first-order chi connectivity index (χ1) is 11.9. The lowest BCUT2D eigenvalue weighted by Gasteiger charge is -2.15. The first kappa shape index (κ1) is 17.0. The molecule has 1 fully saturated rings. The third kappa shape index (κ3) is 3.35. The second-order valence-corrected chi connectivity index (χ2v) is 5.60. The third-order valence-electron chi connectivity index (χ3n) is 3.90. The van der Waals surface area contributed by atoms with E-state index in [1.165, 1.54) is 17.1 Å². The van der Waals surface area contributed by atoms with E-state index in [-0.39, 0.29) is 24.3 Å². The molecule has 12 heteroatoms. The summed E-state index contributed by atoms with van der Waals surface area (Å²) in [5, 5.41) is 29.5. The fourth-order valence-electron chi connectivity index (χ4n) is 2.63. The molecule has 0 aromatic carbocycles. The molecule has 0 spiro atoms. The van der Waals surface area contributed by atoms with Gasteiger partial charge in [-0.05, 0) is 9.91 Å². The summed E-state index contributed by atoms with van der Waals surface area (Å²) in [7, 11) is 0. The van der Waals surface area contributed by atoms with Crippen LogP contribution < -0.4 is 11.2 Å². The van der Waals surface area contributed by atoms with Crippen LogP contribution in [0.1, 0.15) is 18.2 Å². The van der Waals surface area contributed by atoms with E-state index in [1.807, 2.05) is 0 Å². The molecule has 0 saturated carbocycles. The van der Waals surface area contributed by atoms with Gasteiger partial charge < -0.3 is 29.6 Å². The first-order valence-electron chi connectivity index (χ1n) is 7.34. The van der Waals surface area contributed by atoms with Gasteiger partial charge in [0.2, 0.25) is 6.33 Å². The van der Waals surface area contributed by atoms with Gasteiger partial charge in [-0.1, -0.05) is 0 Å². The van der Waals surface area contributed by atoms with Crippen molar-refractivity contribution in [2.75, 3.05) is 6.61 Å². The molecule has 0 aliphatic carbocycles. The molecule has 2 aromatic rings. The van der Waals surface area contributed by atoms with Gasteiger partial charge >= 0.3 is 11.5 Å². The van der Waals surface area contributed by atoms with E-state index in [2.05, 4.69) is 9.97 Å². The Morgan fingerprint density at radius 3 is 2.80 bits per heavy atom. The number of aromatic nitrogens is 4.